The maximum Gasteiger partial charge on any atom is 0.331 e. The standard InChI is InChI=1S/C17H20N4O3.ClH/c22-15(19-10-14-8-18-9-14)12-21-16(23)6-7-20(17(21)24)11-13-4-2-1-3-5-13;/h1-7,14,18H,8-12H2,(H,19,22);1H. The van der Waals surface area contributed by atoms with Crippen LogP contribution in [0, 0.1) is 5.92 Å². The molecule has 1 aliphatic heterocycles. The van der Waals surface area contributed by atoms with Crippen molar-refractivity contribution in [2.24, 2.45) is 5.92 Å². The number of benzene rings is 1. The van der Waals surface area contributed by atoms with E-state index in [4.69, 9.17) is 0 Å². The van der Waals surface area contributed by atoms with Gasteiger partial charge < -0.3 is 10.6 Å². The quantitative estimate of drug-likeness (QED) is 0.744. The highest BCUT2D eigenvalue weighted by Gasteiger charge is 2.17. The summed E-state index contributed by atoms with van der Waals surface area (Å²) in [6.45, 7) is 2.43. The Kier molecular flexibility index (Phi) is 6.55. The van der Waals surface area contributed by atoms with Crippen molar-refractivity contribution in [1.82, 2.24) is 19.8 Å². The van der Waals surface area contributed by atoms with Crippen molar-refractivity contribution in [3.63, 3.8) is 0 Å². The third-order valence-electron chi connectivity index (χ3n) is 4.09. The molecule has 2 aromatic rings. The Bertz CT molecular complexity index is 828. The molecular formula is C17H21ClN4O3. The molecule has 1 aromatic carbocycles. The monoisotopic (exact) mass is 364 g/mol. The van der Waals surface area contributed by atoms with E-state index in [1.54, 1.807) is 0 Å². The number of nitrogens with zero attached hydrogens (tertiary/aromatic N) is 2. The van der Waals surface area contributed by atoms with Gasteiger partial charge in [0, 0.05) is 37.8 Å². The first kappa shape index (κ1) is 19.0. The van der Waals surface area contributed by atoms with E-state index < -0.39 is 11.2 Å². The molecule has 2 N–H and O–H groups in total. The second-order valence-corrected chi connectivity index (χ2v) is 5.96. The van der Waals surface area contributed by atoms with Crippen LogP contribution < -0.4 is 21.9 Å². The lowest BCUT2D eigenvalue weighted by molar-refractivity contribution is -0.122. The molecule has 0 atom stereocenters. The van der Waals surface area contributed by atoms with Gasteiger partial charge in [0.15, 0.2) is 0 Å². The normalized spacial score (nSPS) is 13.6. The minimum atomic E-state index is -0.480. The molecule has 0 radical (unpaired) electrons. The molecule has 3 rings (SSSR count). The second kappa shape index (κ2) is 8.64. The summed E-state index contributed by atoms with van der Waals surface area (Å²) in [6, 6.07) is 10.8. The van der Waals surface area contributed by atoms with Crippen molar-refractivity contribution in [3.8, 4) is 0 Å². The van der Waals surface area contributed by atoms with Crippen LogP contribution in [0.15, 0.2) is 52.2 Å². The Morgan fingerprint density at radius 2 is 1.88 bits per heavy atom. The fourth-order valence-electron chi connectivity index (χ4n) is 2.55. The lowest BCUT2D eigenvalue weighted by Gasteiger charge is -2.27. The number of amides is 1. The Hall–Kier alpha value is -2.38. The van der Waals surface area contributed by atoms with E-state index >= 15 is 0 Å². The molecule has 0 bridgehead atoms. The first-order valence-corrected chi connectivity index (χ1v) is 7.95. The highest BCUT2D eigenvalue weighted by atomic mass is 35.5. The van der Waals surface area contributed by atoms with Crippen LogP contribution in [0.4, 0.5) is 0 Å². The first-order valence-electron chi connectivity index (χ1n) is 7.95. The van der Waals surface area contributed by atoms with Gasteiger partial charge >= 0.3 is 5.69 Å². The van der Waals surface area contributed by atoms with Crippen molar-refractivity contribution in [1.29, 1.82) is 0 Å². The van der Waals surface area contributed by atoms with Crippen LogP contribution in [-0.4, -0.2) is 34.7 Å². The molecule has 1 amide bonds. The van der Waals surface area contributed by atoms with Crippen LogP contribution in [0.5, 0.6) is 0 Å². The molecule has 0 spiro atoms. The van der Waals surface area contributed by atoms with E-state index in [1.807, 2.05) is 30.3 Å². The van der Waals surface area contributed by atoms with E-state index in [9.17, 15) is 14.4 Å². The molecule has 2 heterocycles. The number of carbonyl (C=O) groups excluding carboxylic acids is 1. The molecule has 25 heavy (non-hydrogen) atoms. The highest BCUT2D eigenvalue weighted by Crippen LogP contribution is 2.00. The molecule has 0 aliphatic carbocycles. The fourth-order valence-corrected chi connectivity index (χ4v) is 2.55. The van der Waals surface area contributed by atoms with Crippen LogP contribution in [0.1, 0.15) is 5.56 Å². The summed E-state index contributed by atoms with van der Waals surface area (Å²) in [5.74, 6) is 0.106. The minimum Gasteiger partial charge on any atom is -0.354 e. The van der Waals surface area contributed by atoms with Gasteiger partial charge in [0.25, 0.3) is 5.56 Å². The number of carbonyl (C=O) groups is 1. The maximum atomic E-state index is 12.5. The fraction of sp³-hybridized carbons (Fsp3) is 0.353. The SMILES string of the molecule is Cl.O=C(Cn1c(=O)ccn(Cc2ccccc2)c1=O)NCC1CNC1. The molecular weight excluding hydrogens is 344 g/mol. The van der Waals surface area contributed by atoms with E-state index in [1.165, 1.54) is 16.8 Å². The summed E-state index contributed by atoms with van der Waals surface area (Å²) < 4.78 is 2.40. The number of hydrogen-bond donors (Lipinski definition) is 2. The smallest absolute Gasteiger partial charge is 0.331 e. The molecule has 0 saturated carbocycles. The summed E-state index contributed by atoms with van der Waals surface area (Å²) in [7, 11) is 0. The van der Waals surface area contributed by atoms with Gasteiger partial charge in [0.05, 0.1) is 6.54 Å². The topological polar surface area (TPSA) is 85.1 Å². The molecule has 1 fully saturated rings. The lowest BCUT2D eigenvalue weighted by atomic mass is 10.0. The number of hydrogen-bond acceptors (Lipinski definition) is 4. The van der Waals surface area contributed by atoms with Gasteiger partial charge in [-0.25, -0.2) is 4.79 Å². The zero-order valence-electron chi connectivity index (χ0n) is 13.7. The van der Waals surface area contributed by atoms with Crippen LogP contribution >= 0.6 is 12.4 Å². The summed E-state index contributed by atoms with van der Waals surface area (Å²) >= 11 is 0. The number of nitrogens with one attached hydrogen (secondary N) is 2. The van der Waals surface area contributed by atoms with E-state index in [0.29, 0.717) is 19.0 Å². The predicted octanol–water partition coefficient (Wildman–Crippen LogP) is -0.184. The van der Waals surface area contributed by atoms with Gasteiger partial charge in [-0.3, -0.25) is 18.7 Å². The Morgan fingerprint density at radius 3 is 2.52 bits per heavy atom. The minimum absolute atomic E-state index is 0. The molecule has 7 nitrogen and oxygen atoms in total. The van der Waals surface area contributed by atoms with Crippen molar-refractivity contribution < 1.29 is 4.79 Å². The van der Waals surface area contributed by atoms with Gasteiger partial charge in [-0.05, 0) is 5.56 Å². The average Bonchev–Trinajstić information content (AvgIpc) is 2.54. The average molecular weight is 365 g/mol. The number of rotatable bonds is 6. The lowest BCUT2D eigenvalue weighted by Crippen LogP contribution is -2.49. The van der Waals surface area contributed by atoms with Crippen LogP contribution in [0.2, 0.25) is 0 Å². The summed E-state index contributed by atoms with van der Waals surface area (Å²) in [6.07, 6.45) is 1.46. The van der Waals surface area contributed by atoms with Gasteiger partial charge in [-0.1, -0.05) is 30.3 Å². The van der Waals surface area contributed by atoms with Crippen LogP contribution in [0.25, 0.3) is 0 Å². The Morgan fingerprint density at radius 1 is 1.16 bits per heavy atom. The van der Waals surface area contributed by atoms with Gasteiger partial charge in [0.2, 0.25) is 5.91 Å². The maximum absolute atomic E-state index is 12.5. The molecule has 134 valence electrons. The third kappa shape index (κ3) is 4.80. The van der Waals surface area contributed by atoms with Crippen LogP contribution in [-0.2, 0) is 17.9 Å². The van der Waals surface area contributed by atoms with E-state index in [0.717, 1.165) is 23.2 Å². The Labute approximate surface area is 151 Å². The van der Waals surface area contributed by atoms with Crippen molar-refractivity contribution in [2.75, 3.05) is 19.6 Å². The predicted molar refractivity (Wildman–Crippen MR) is 97.1 cm³/mol. The largest absolute Gasteiger partial charge is 0.354 e. The molecule has 1 aromatic heterocycles. The van der Waals surface area contributed by atoms with Gasteiger partial charge in [-0.15, -0.1) is 12.4 Å². The number of aromatic nitrogens is 2. The van der Waals surface area contributed by atoms with Crippen molar-refractivity contribution in [3.05, 3.63) is 69.0 Å². The first-order chi connectivity index (χ1) is 11.6. The molecule has 1 saturated heterocycles. The zero-order valence-corrected chi connectivity index (χ0v) is 14.5. The summed E-state index contributed by atoms with van der Waals surface area (Å²) in [5.41, 5.74) is 0.00307. The number of halogens is 1. The summed E-state index contributed by atoms with van der Waals surface area (Å²) in [4.78, 5) is 36.4. The molecule has 8 heteroatoms. The van der Waals surface area contributed by atoms with E-state index in [2.05, 4.69) is 10.6 Å². The van der Waals surface area contributed by atoms with Crippen LogP contribution in [0.3, 0.4) is 0 Å². The van der Waals surface area contributed by atoms with Gasteiger partial charge in [0.1, 0.15) is 6.54 Å². The third-order valence-corrected chi connectivity index (χ3v) is 4.09. The second-order valence-electron chi connectivity index (χ2n) is 5.96. The zero-order chi connectivity index (χ0) is 16.9. The highest BCUT2D eigenvalue weighted by molar-refractivity contribution is 5.85. The summed E-state index contributed by atoms with van der Waals surface area (Å²) in [5, 5.41) is 5.89. The molecule has 0 unspecified atom stereocenters. The van der Waals surface area contributed by atoms with Crippen molar-refractivity contribution in [2.45, 2.75) is 13.1 Å². The van der Waals surface area contributed by atoms with Gasteiger partial charge in [-0.2, -0.15) is 0 Å². The van der Waals surface area contributed by atoms with E-state index in [-0.39, 0.29) is 24.9 Å². The Balaban J connectivity index is 0.00000225. The molecule has 1 aliphatic rings. The van der Waals surface area contributed by atoms with Crippen molar-refractivity contribution >= 4 is 18.3 Å².